The Labute approximate surface area is 360 Å². The molecule has 1 aliphatic heterocycles. The first-order chi connectivity index (χ1) is 28.4. The van der Waals surface area contributed by atoms with Crippen LogP contribution in [0.4, 0.5) is 5.69 Å². The molecule has 13 heteroatoms. The molecule has 0 amide bonds. The molecule has 1 fully saturated rings. The number of rotatable bonds is 5. The number of nitrogens with zero attached hydrogens (tertiary/aromatic N) is 8. The third-order valence-corrected chi connectivity index (χ3v) is 8.98. The normalized spacial score (nSPS) is 14.0. The molecule has 7 aromatic rings. The zero-order valence-corrected chi connectivity index (χ0v) is 36.5. The van der Waals surface area contributed by atoms with E-state index in [0.717, 1.165) is 75.6 Å². The molecule has 0 spiro atoms. The summed E-state index contributed by atoms with van der Waals surface area (Å²) in [6.45, 7) is 14.4. The quantitative estimate of drug-likeness (QED) is 0.164. The summed E-state index contributed by atoms with van der Waals surface area (Å²) in [6.07, 6.45) is 1.76. The van der Waals surface area contributed by atoms with Gasteiger partial charge in [-0.25, -0.2) is 0 Å². The van der Waals surface area contributed by atoms with Crippen LogP contribution in [0.5, 0.6) is 0 Å². The Hall–Kier alpha value is -5.27. The maximum atomic E-state index is 5.73. The van der Waals surface area contributed by atoms with Crippen LogP contribution in [0.3, 0.4) is 0 Å². The topological polar surface area (TPSA) is 116 Å². The summed E-state index contributed by atoms with van der Waals surface area (Å²) in [6, 6.07) is 42.1. The number of hydrogen-bond acceptors (Lipinski definition) is 9. The second kappa shape index (κ2) is 24.0. The van der Waals surface area contributed by atoms with E-state index in [-0.39, 0.29) is 20.1 Å². The largest absolute Gasteiger partial charge is 3.00 e. The van der Waals surface area contributed by atoms with Crippen molar-refractivity contribution in [2.45, 2.75) is 27.7 Å². The van der Waals surface area contributed by atoms with Gasteiger partial charge in [-0.2, -0.15) is 58.7 Å². The van der Waals surface area contributed by atoms with Gasteiger partial charge in [0.1, 0.15) is 0 Å². The number of hydrogen-bond donors (Lipinski definition) is 0. The first-order valence-electron chi connectivity index (χ1n) is 19.5. The van der Waals surface area contributed by atoms with Gasteiger partial charge >= 0.3 is 20.1 Å². The van der Waals surface area contributed by atoms with Crippen LogP contribution in [-0.4, -0.2) is 95.6 Å². The van der Waals surface area contributed by atoms with Crippen molar-refractivity contribution >= 4 is 5.69 Å². The van der Waals surface area contributed by atoms with Gasteiger partial charge in [0, 0.05) is 36.4 Å². The average molecular weight is 972 g/mol. The molecule has 0 atom stereocenters. The molecular weight excluding hydrogens is 921 g/mol. The number of anilines is 1. The van der Waals surface area contributed by atoms with Crippen LogP contribution in [0, 0.1) is 39.8 Å². The van der Waals surface area contributed by atoms with Gasteiger partial charge in [0.05, 0.1) is 75.6 Å². The van der Waals surface area contributed by atoms with Crippen molar-refractivity contribution in [3.8, 4) is 34.0 Å². The van der Waals surface area contributed by atoms with Crippen LogP contribution < -0.4 is 10.00 Å². The van der Waals surface area contributed by atoms with Gasteiger partial charge in [-0.05, 0) is 87.1 Å². The molecule has 3 aromatic carbocycles. The molecule has 0 N–H and O–H groups in total. The van der Waals surface area contributed by atoms with Gasteiger partial charge < -0.3 is 34.0 Å². The first-order valence-corrected chi connectivity index (χ1v) is 19.5. The van der Waals surface area contributed by atoms with E-state index in [0.29, 0.717) is 52.9 Å². The van der Waals surface area contributed by atoms with Crippen LogP contribution in [0.2, 0.25) is 0 Å². The molecule has 12 nitrogen and oxygen atoms in total. The smallest absolute Gasteiger partial charge is 0.574 e. The minimum atomic E-state index is 0. The van der Waals surface area contributed by atoms with E-state index in [1.54, 1.807) is 6.20 Å². The van der Waals surface area contributed by atoms with Crippen LogP contribution in [-0.2, 0) is 39.1 Å². The Morgan fingerprint density at radius 1 is 0.559 bits per heavy atom. The summed E-state index contributed by atoms with van der Waals surface area (Å²) in [5.41, 5.74) is 10.9. The van der Waals surface area contributed by atoms with E-state index in [1.165, 1.54) is 0 Å². The van der Waals surface area contributed by atoms with Gasteiger partial charge in [-0.15, -0.1) is 17.8 Å². The van der Waals surface area contributed by atoms with Gasteiger partial charge in [0.25, 0.3) is 0 Å². The Balaban J connectivity index is 0.000000200. The summed E-state index contributed by atoms with van der Waals surface area (Å²) in [7, 11) is 0. The summed E-state index contributed by atoms with van der Waals surface area (Å²) in [5.74, 6) is 0. The summed E-state index contributed by atoms with van der Waals surface area (Å²) < 4.78 is 26.2. The van der Waals surface area contributed by atoms with Crippen molar-refractivity contribution in [2.24, 2.45) is 0 Å². The zero-order chi connectivity index (χ0) is 40.4. The predicted molar refractivity (Wildman–Crippen MR) is 225 cm³/mol. The monoisotopic (exact) mass is 972 g/mol. The van der Waals surface area contributed by atoms with Crippen molar-refractivity contribution in [1.82, 2.24) is 34.7 Å². The van der Waals surface area contributed by atoms with Gasteiger partial charge in [0.15, 0.2) is 0 Å². The standard InChI is InChI=1S/C24H29N4O4.2C11H11N2.Ir/c1-2-8-25-22(3-1)24-19-23(26-27-24)20-4-6-21(7-5-20)28-9-11-29-13-15-31-17-18-32-16-14-30-12-10-28;2*1-9-8-10(2)13(12-9)11-6-4-3-5-7-11;/h1-8,19H,9-18H2;2*3-6,8H,1-2H3;/q3*-1;+3. The number of pyridine rings is 1. The van der Waals surface area contributed by atoms with Gasteiger partial charge in [0.2, 0.25) is 0 Å². The van der Waals surface area contributed by atoms with Crippen molar-refractivity contribution < 1.29 is 39.1 Å². The molecule has 8 rings (SSSR count). The molecular formula is C46H51IrN8O4. The van der Waals surface area contributed by atoms with Gasteiger partial charge in [-0.3, -0.25) is 14.3 Å². The Kier molecular flexibility index (Phi) is 18.2. The SMILES string of the molecule is Cc1cc(C)n(-c2[c-]cccc2)n1.Cc1cc(C)n(-c2[c-]cccc2)n1.[Ir+3].c1ccc(-c2cc(-c3ccc(N4CCOCCOCCOCCOCC4)cc3)[n-]n2)nc1. The summed E-state index contributed by atoms with van der Waals surface area (Å²) in [4.78, 5) is 6.61. The maximum Gasteiger partial charge on any atom is 3.00 e. The van der Waals surface area contributed by atoms with E-state index in [4.69, 9.17) is 18.9 Å². The molecule has 0 bridgehead atoms. The second-order valence-corrected chi connectivity index (χ2v) is 13.5. The molecule has 0 unspecified atom stereocenters. The maximum absolute atomic E-state index is 5.73. The first kappa shape index (κ1) is 44.8. The Bertz CT molecular complexity index is 2110. The molecule has 1 aliphatic rings. The molecule has 308 valence electrons. The van der Waals surface area contributed by atoms with Crippen molar-refractivity contribution in [3.63, 3.8) is 0 Å². The van der Waals surface area contributed by atoms with Crippen LogP contribution >= 0.6 is 0 Å². The molecule has 0 radical (unpaired) electrons. The minimum absolute atomic E-state index is 0. The molecule has 1 saturated heterocycles. The number of ether oxygens (including phenoxy) is 4. The zero-order valence-electron chi connectivity index (χ0n) is 34.1. The number of aryl methyl sites for hydroxylation is 4. The fourth-order valence-electron chi connectivity index (χ4n) is 6.18. The van der Waals surface area contributed by atoms with Gasteiger partial charge in [-0.1, -0.05) is 18.2 Å². The van der Waals surface area contributed by atoms with Crippen LogP contribution in [0.1, 0.15) is 22.8 Å². The van der Waals surface area contributed by atoms with Crippen molar-refractivity contribution in [1.29, 1.82) is 0 Å². The van der Waals surface area contributed by atoms with E-state index in [9.17, 15) is 0 Å². The molecule has 0 aliphatic carbocycles. The third-order valence-electron chi connectivity index (χ3n) is 8.98. The Morgan fingerprint density at radius 3 is 1.51 bits per heavy atom. The van der Waals surface area contributed by atoms with Crippen molar-refractivity contribution in [2.75, 3.05) is 70.8 Å². The summed E-state index contributed by atoms with van der Waals surface area (Å²) >= 11 is 0. The number of benzene rings is 3. The molecule has 59 heavy (non-hydrogen) atoms. The van der Waals surface area contributed by atoms with E-state index in [2.05, 4.69) is 78.8 Å². The van der Waals surface area contributed by atoms with E-state index >= 15 is 0 Å². The fourth-order valence-corrected chi connectivity index (χ4v) is 6.18. The number of aromatic nitrogens is 7. The Morgan fingerprint density at radius 2 is 1.07 bits per heavy atom. The van der Waals surface area contributed by atoms with E-state index < -0.39 is 0 Å². The molecule has 5 heterocycles. The summed E-state index contributed by atoms with van der Waals surface area (Å²) in [5, 5.41) is 17.3. The number of para-hydroxylation sites is 2. The predicted octanol–water partition coefficient (Wildman–Crippen LogP) is 7.23. The third kappa shape index (κ3) is 13.9. The van der Waals surface area contributed by atoms with E-state index in [1.807, 2.05) is 110 Å². The average Bonchev–Trinajstić information content (AvgIpc) is 3.98. The second-order valence-electron chi connectivity index (χ2n) is 13.5. The fraction of sp³-hybridized carbons (Fsp3) is 0.304. The molecule has 4 aromatic heterocycles. The van der Waals surface area contributed by atoms with Crippen LogP contribution in [0.25, 0.3) is 34.0 Å². The molecule has 0 saturated carbocycles. The van der Waals surface area contributed by atoms with Crippen LogP contribution in [0.15, 0.2) is 115 Å². The van der Waals surface area contributed by atoms with Crippen molar-refractivity contribution in [3.05, 3.63) is 150 Å². The minimum Gasteiger partial charge on any atom is -0.574 e.